The Kier molecular flexibility index (Phi) is 2.67. The second-order valence-electron chi connectivity index (χ2n) is 5.92. The van der Waals surface area contributed by atoms with Crippen molar-refractivity contribution in [3.05, 3.63) is 0 Å². The zero-order valence-corrected chi connectivity index (χ0v) is 11.7. The van der Waals surface area contributed by atoms with Gasteiger partial charge in [0.15, 0.2) is 0 Å². The van der Waals surface area contributed by atoms with Gasteiger partial charge in [0.1, 0.15) is 0 Å². The maximum Gasteiger partial charge on any atom is 0.0752 e. The molecule has 2 rings (SSSR count). The summed E-state index contributed by atoms with van der Waals surface area (Å²) in [6.07, 6.45) is 6.50. The van der Waals surface area contributed by atoms with Crippen LogP contribution in [0.25, 0.3) is 0 Å². The van der Waals surface area contributed by atoms with Crippen LogP contribution in [-0.2, 0) is 4.74 Å². The highest BCUT2D eigenvalue weighted by atomic mass is 127. The largest absolute Gasteiger partial charge is 0.367 e. The summed E-state index contributed by atoms with van der Waals surface area (Å²) in [4.78, 5) is 0. The average Bonchev–Trinajstić information content (AvgIpc) is 2.58. The van der Waals surface area contributed by atoms with Gasteiger partial charge in [0.2, 0.25) is 0 Å². The van der Waals surface area contributed by atoms with E-state index in [0.717, 1.165) is 4.43 Å². The molecule has 82 valence electrons. The molecule has 0 aromatic carbocycles. The molecule has 1 heterocycles. The Bertz CT molecular complexity index is 238. The molecule has 2 atom stereocenters. The second-order valence-corrected chi connectivity index (χ2v) is 6.68. The van der Waals surface area contributed by atoms with Crippen LogP contribution in [0.4, 0.5) is 0 Å². The van der Waals surface area contributed by atoms with Crippen molar-refractivity contribution < 1.29 is 4.74 Å². The molecule has 1 saturated carbocycles. The van der Waals surface area contributed by atoms with Gasteiger partial charge < -0.3 is 4.74 Å². The number of rotatable bonds is 1. The molecular weight excluding hydrogens is 287 g/mol. The maximum atomic E-state index is 6.45. The lowest BCUT2D eigenvalue weighted by molar-refractivity contribution is -0.127. The van der Waals surface area contributed by atoms with Crippen molar-refractivity contribution in [1.29, 1.82) is 0 Å². The van der Waals surface area contributed by atoms with Crippen molar-refractivity contribution in [2.24, 2.45) is 5.41 Å². The monoisotopic (exact) mass is 308 g/mol. The van der Waals surface area contributed by atoms with E-state index in [1.807, 2.05) is 0 Å². The molecule has 1 aliphatic carbocycles. The molecule has 2 heteroatoms. The van der Waals surface area contributed by atoms with Gasteiger partial charge in [0.05, 0.1) is 11.2 Å². The Morgan fingerprint density at radius 1 is 1.07 bits per heavy atom. The molecule has 2 fully saturated rings. The van der Waals surface area contributed by atoms with E-state index in [9.17, 15) is 0 Å². The first-order valence-electron chi connectivity index (χ1n) is 5.69. The van der Waals surface area contributed by atoms with Crippen LogP contribution in [0.5, 0.6) is 0 Å². The van der Waals surface area contributed by atoms with Crippen LogP contribution in [-0.4, -0.2) is 15.6 Å². The summed E-state index contributed by atoms with van der Waals surface area (Å²) in [5, 5.41) is 0. The van der Waals surface area contributed by atoms with E-state index in [2.05, 4.69) is 43.4 Å². The Labute approximate surface area is 101 Å². The molecule has 1 saturated heterocycles. The molecule has 1 aliphatic heterocycles. The fraction of sp³-hybridized carbons (Fsp3) is 1.00. The summed E-state index contributed by atoms with van der Waals surface area (Å²) in [5.74, 6) is 0. The average molecular weight is 308 g/mol. The van der Waals surface area contributed by atoms with Crippen LogP contribution >= 0.6 is 22.6 Å². The normalized spacial score (nSPS) is 46.3. The third-order valence-corrected chi connectivity index (χ3v) is 6.01. The minimum absolute atomic E-state index is 0.155. The first-order valence-corrected chi connectivity index (χ1v) is 7.22. The lowest BCUT2D eigenvalue weighted by atomic mass is 9.76. The molecule has 0 aromatic rings. The predicted octanol–water partition coefficient (Wildman–Crippen LogP) is 3.94. The molecule has 0 amide bonds. The lowest BCUT2D eigenvalue weighted by Gasteiger charge is -2.39. The molecule has 1 spiro atoms. The molecule has 0 radical (unpaired) electrons. The topological polar surface area (TPSA) is 9.23 Å². The van der Waals surface area contributed by atoms with Crippen molar-refractivity contribution in [2.45, 2.75) is 64.1 Å². The zero-order valence-electron chi connectivity index (χ0n) is 9.53. The van der Waals surface area contributed by atoms with Crippen LogP contribution in [0.2, 0.25) is 0 Å². The minimum Gasteiger partial charge on any atom is -0.367 e. The number of hydrogen-bond donors (Lipinski definition) is 0. The van der Waals surface area contributed by atoms with E-state index >= 15 is 0 Å². The molecular formula is C12H21IO. The fourth-order valence-corrected chi connectivity index (χ4v) is 3.71. The highest BCUT2D eigenvalue weighted by molar-refractivity contribution is 14.1. The highest BCUT2D eigenvalue weighted by Crippen LogP contribution is 2.57. The van der Waals surface area contributed by atoms with Crippen molar-refractivity contribution in [3.63, 3.8) is 0 Å². The Hall–Kier alpha value is 0.690. The van der Waals surface area contributed by atoms with E-state index in [0.29, 0.717) is 5.41 Å². The number of alkyl halides is 1. The number of halogens is 1. The van der Waals surface area contributed by atoms with Crippen molar-refractivity contribution in [3.8, 4) is 0 Å². The number of ether oxygens (including phenoxy) is 1. The molecule has 2 unspecified atom stereocenters. The van der Waals surface area contributed by atoms with Gasteiger partial charge in [-0.1, -0.05) is 36.4 Å². The van der Waals surface area contributed by atoms with Crippen molar-refractivity contribution >= 4 is 22.6 Å². The van der Waals surface area contributed by atoms with E-state index < -0.39 is 0 Å². The first-order chi connectivity index (χ1) is 6.43. The molecule has 2 aliphatic rings. The second kappa shape index (κ2) is 3.34. The standard InChI is InChI=1S/C12H21IO/c1-10(2)5-4-6-12(10)8-7-11(3,9-13)14-12/h4-9H2,1-3H3. The minimum atomic E-state index is 0.155. The van der Waals surface area contributed by atoms with E-state index in [4.69, 9.17) is 4.74 Å². The van der Waals surface area contributed by atoms with Gasteiger partial charge in [0, 0.05) is 4.43 Å². The van der Waals surface area contributed by atoms with Crippen LogP contribution in [0.1, 0.15) is 52.9 Å². The van der Waals surface area contributed by atoms with Gasteiger partial charge in [0.25, 0.3) is 0 Å². The highest BCUT2D eigenvalue weighted by Gasteiger charge is 2.56. The van der Waals surface area contributed by atoms with Crippen LogP contribution in [0, 0.1) is 5.41 Å². The molecule has 0 aromatic heterocycles. The summed E-state index contributed by atoms with van der Waals surface area (Å²) in [7, 11) is 0. The Morgan fingerprint density at radius 3 is 2.21 bits per heavy atom. The predicted molar refractivity (Wildman–Crippen MR) is 68.0 cm³/mol. The lowest BCUT2D eigenvalue weighted by Crippen LogP contribution is -2.42. The van der Waals surface area contributed by atoms with Crippen LogP contribution in [0.3, 0.4) is 0 Å². The van der Waals surface area contributed by atoms with Gasteiger partial charge >= 0.3 is 0 Å². The summed E-state index contributed by atoms with van der Waals surface area (Å²) in [6.45, 7) is 7.06. The Balaban J connectivity index is 2.20. The van der Waals surface area contributed by atoms with Crippen LogP contribution < -0.4 is 0 Å². The zero-order chi connectivity index (χ0) is 10.4. The van der Waals surface area contributed by atoms with Gasteiger partial charge in [-0.25, -0.2) is 0 Å². The summed E-state index contributed by atoms with van der Waals surface area (Å²) >= 11 is 2.46. The first kappa shape index (κ1) is 11.2. The Morgan fingerprint density at radius 2 is 1.79 bits per heavy atom. The van der Waals surface area contributed by atoms with Gasteiger partial charge in [-0.3, -0.25) is 0 Å². The quantitative estimate of drug-likeness (QED) is 0.527. The van der Waals surface area contributed by atoms with E-state index in [1.165, 1.54) is 32.1 Å². The van der Waals surface area contributed by atoms with E-state index in [1.54, 1.807) is 0 Å². The van der Waals surface area contributed by atoms with Gasteiger partial charge in [-0.05, 0) is 44.4 Å². The van der Waals surface area contributed by atoms with E-state index in [-0.39, 0.29) is 11.2 Å². The molecule has 14 heavy (non-hydrogen) atoms. The molecule has 0 bridgehead atoms. The van der Waals surface area contributed by atoms with Crippen LogP contribution in [0.15, 0.2) is 0 Å². The summed E-state index contributed by atoms with van der Waals surface area (Å²) < 4.78 is 7.58. The summed E-state index contributed by atoms with van der Waals surface area (Å²) in [6, 6.07) is 0. The third-order valence-electron chi connectivity index (χ3n) is 4.40. The van der Waals surface area contributed by atoms with Crippen molar-refractivity contribution in [2.75, 3.05) is 4.43 Å². The third kappa shape index (κ3) is 1.53. The maximum absolute atomic E-state index is 6.45. The molecule has 1 nitrogen and oxygen atoms in total. The number of hydrogen-bond acceptors (Lipinski definition) is 1. The SMILES string of the molecule is CC1(CI)CCC2(CCCC2(C)C)O1. The molecule has 0 N–H and O–H groups in total. The fourth-order valence-electron chi connectivity index (χ4n) is 3.17. The van der Waals surface area contributed by atoms with Gasteiger partial charge in [-0.15, -0.1) is 0 Å². The summed E-state index contributed by atoms with van der Waals surface area (Å²) in [5.41, 5.74) is 0.770. The van der Waals surface area contributed by atoms with Gasteiger partial charge in [-0.2, -0.15) is 0 Å². The smallest absolute Gasteiger partial charge is 0.0752 e. The van der Waals surface area contributed by atoms with Crippen molar-refractivity contribution in [1.82, 2.24) is 0 Å².